The molecule has 0 aromatic heterocycles. The predicted octanol–water partition coefficient (Wildman–Crippen LogP) is -1.03. The second-order valence-electron chi connectivity index (χ2n) is 2.12. The molecule has 0 spiro atoms. The average Bonchev–Trinajstić information content (AvgIpc) is 2.04. The number of nitrogens with zero attached hydrogens (tertiary/aromatic N) is 1. The second kappa shape index (κ2) is 8.38. The molecule has 6 heteroatoms. The first-order chi connectivity index (χ1) is 5.75. The number of nitrogens with one attached hydrogen (secondary N) is 1. The van der Waals surface area contributed by atoms with Gasteiger partial charge in [0.2, 0.25) is 0 Å². The maximum Gasteiger partial charge on any atom is 1.00 e. The van der Waals surface area contributed by atoms with Gasteiger partial charge in [0.1, 0.15) is 5.82 Å². The molecule has 0 amide bonds. The summed E-state index contributed by atoms with van der Waals surface area (Å²) in [6, 6.07) is 4.79. The third kappa shape index (κ3) is 4.52. The Morgan fingerprint density at radius 2 is 2.14 bits per heavy atom. The fraction of sp³-hybridized carbons (Fsp3) is 0.125. The van der Waals surface area contributed by atoms with Crippen molar-refractivity contribution < 1.29 is 39.4 Å². The minimum atomic E-state index is -0.289. The molecular weight excluding hydrogens is 262 g/mol. The monoisotopic (exact) mass is 270 g/mol. The molecule has 0 unspecified atom stereocenters. The molecule has 0 heterocycles. The van der Waals surface area contributed by atoms with Crippen LogP contribution in [0.4, 0.5) is 4.39 Å². The summed E-state index contributed by atoms with van der Waals surface area (Å²) < 4.78 is 13.7. The summed E-state index contributed by atoms with van der Waals surface area (Å²) in [5, 5.41) is 3.72. The molecule has 72 valence electrons. The van der Waals surface area contributed by atoms with Gasteiger partial charge in [0.05, 0.1) is 6.21 Å². The minimum absolute atomic E-state index is 0. The largest absolute Gasteiger partial charge is 1.00 e. The zero-order valence-electron chi connectivity index (χ0n) is 7.96. The Balaban J connectivity index is 0. The summed E-state index contributed by atoms with van der Waals surface area (Å²) in [5.41, 5.74) is 3.00. The van der Waals surface area contributed by atoms with E-state index in [0.717, 1.165) is 0 Å². The number of hydrogen-bond acceptors (Lipinski definition) is 3. The van der Waals surface area contributed by atoms with Gasteiger partial charge in [0.15, 0.2) is 0 Å². The smallest absolute Gasteiger partial charge is 0.870 e. The van der Waals surface area contributed by atoms with Gasteiger partial charge in [-0.25, -0.2) is 4.39 Å². The van der Waals surface area contributed by atoms with Crippen molar-refractivity contribution in [2.45, 2.75) is 0 Å². The summed E-state index contributed by atoms with van der Waals surface area (Å²) in [7, 11) is 1.66. The quantitative estimate of drug-likeness (QED) is 0.425. The van der Waals surface area contributed by atoms with Gasteiger partial charge in [-0.3, -0.25) is 0 Å². The maximum absolute atomic E-state index is 13.0. The van der Waals surface area contributed by atoms with E-state index < -0.39 is 0 Å². The van der Waals surface area contributed by atoms with E-state index in [1.54, 1.807) is 19.2 Å². The molecule has 0 saturated carbocycles. The Bertz CT molecular complexity index is 289. The molecule has 0 aliphatic heterocycles. The van der Waals surface area contributed by atoms with Crippen molar-refractivity contribution in [3.8, 4) is 0 Å². The van der Waals surface area contributed by atoms with E-state index in [2.05, 4.69) is 26.5 Å². The van der Waals surface area contributed by atoms with Crippen LogP contribution in [0.5, 0.6) is 0 Å². The van der Waals surface area contributed by atoms with Gasteiger partial charge >= 0.3 is 29.6 Å². The SMILES string of the molecule is CN/N=C/c1c(F)cccc1Br.[Na+].[OH-]. The van der Waals surface area contributed by atoms with Crippen molar-refractivity contribution in [2.24, 2.45) is 5.10 Å². The zero-order valence-corrected chi connectivity index (χ0v) is 11.5. The van der Waals surface area contributed by atoms with E-state index in [1.807, 2.05) is 0 Å². The molecule has 14 heavy (non-hydrogen) atoms. The van der Waals surface area contributed by atoms with Crippen LogP contribution in [0.25, 0.3) is 0 Å². The zero-order chi connectivity index (χ0) is 8.97. The Morgan fingerprint density at radius 3 is 2.64 bits per heavy atom. The Kier molecular flexibility index (Phi) is 9.86. The van der Waals surface area contributed by atoms with E-state index in [-0.39, 0.29) is 40.9 Å². The first kappa shape index (κ1) is 16.5. The van der Waals surface area contributed by atoms with Crippen molar-refractivity contribution in [3.63, 3.8) is 0 Å². The van der Waals surface area contributed by atoms with Crippen molar-refractivity contribution in [2.75, 3.05) is 7.05 Å². The fourth-order valence-corrected chi connectivity index (χ4v) is 1.21. The van der Waals surface area contributed by atoms with Gasteiger partial charge in [-0.1, -0.05) is 22.0 Å². The van der Waals surface area contributed by atoms with E-state index in [9.17, 15) is 4.39 Å². The first-order valence-electron chi connectivity index (χ1n) is 3.39. The van der Waals surface area contributed by atoms with Gasteiger partial charge in [0.25, 0.3) is 0 Å². The van der Waals surface area contributed by atoms with E-state index in [1.165, 1.54) is 12.3 Å². The second-order valence-corrected chi connectivity index (χ2v) is 2.97. The van der Waals surface area contributed by atoms with Crippen molar-refractivity contribution in [1.82, 2.24) is 5.43 Å². The van der Waals surface area contributed by atoms with Gasteiger partial charge in [-0.15, -0.1) is 0 Å². The van der Waals surface area contributed by atoms with Crippen LogP contribution in [0.1, 0.15) is 5.56 Å². The molecule has 0 radical (unpaired) electrons. The standard InChI is InChI=1S/C8H8BrFN2.Na.H2O/c1-11-12-5-6-7(9)3-2-4-8(6)10;;/h2-5,11H,1H3;;1H2/q;+1;/p-1/b12-5+;;. The molecule has 1 rings (SSSR count). The van der Waals surface area contributed by atoms with Gasteiger partial charge in [-0.2, -0.15) is 5.10 Å². The fourth-order valence-electron chi connectivity index (χ4n) is 0.763. The van der Waals surface area contributed by atoms with Crippen LogP contribution in [0.15, 0.2) is 27.8 Å². The van der Waals surface area contributed by atoms with Crippen LogP contribution in [-0.2, 0) is 0 Å². The van der Waals surface area contributed by atoms with E-state index >= 15 is 0 Å². The number of rotatable bonds is 2. The van der Waals surface area contributed by atoms with E-state index in [0.29, 0.717) is 10.0 Å². The number of hydrazone groups is 1. The first-order valence-corrected chi connectivity index (χ1v) is 4.19. The third-order valence-electron chi connectivity index (χ3n) is 1.32. The molecular formula is C8H9BrFN2NaO. The molecule has 3 nitrogen and oxygen atoms in total. The van der Waals surface area contributed by atoms with Gasteiger partial charge in [0, 0.05) is 17.1 Å². The maximum atomic E-state index is 13.0. The number of benzene rings is 1. The Labute approximate surface area is 113 Å². The minimum Gasteiger partial charge on any atom is -0.870 e. The van der Waals surface area contributed by atoms with Crippen molar-refractivity contribution in [1.29, 1.82) is 0 Å². The normalized spacial score (nSPS) is 9.07. The summed E-state index contributed by atoms with van der Waals surface area (Å²) in [4.78, 5) is 0. The van der Waals surface area contributed by atoms with Crippen LogP contribution in [0.2, 0.25) is 0 Å². The van der Waals surface area contributed by atoms with Crippen molar-refractivity contribution in [3.05, 3.63) is 34.1 Å². The third-order valence-corrected chi connectivity index (χ3v) is 2.01. The molecule has 1 aromatic rings. The summed E-state index contributed by atoms with van der Waals surface area (Å²) in [6.45, 7) is 0. The molecule has 2 N–H and O–H groups in total. The molecule has 0 bridgehead atoms. The number of halogens is 2. The van der Waals surface area contributed by atoms with Crippen molar-refractivity contribution >= 4 is 22.1 Å². The van der Waals surface area contributed by atoms with Crippen LogP contribution in [0, 0.1) is 5.82 Å². The molecule has 0 fully saturated rings. The topological polar surface area (TPSA) is 54.4 Å². The molecule has 0 atom stereocenters. The van der Waals surface area contributed by atoms with Crippen LogP contribution in [-0.4, -0.2) is 18.7 Å². The summed E-state index contributed by atoms with van der Waals surface area (Å²) in [6.07, 6.45) is 1.43. The summed E-state index contributed by atoms with van der Waals surface area (Å²) >= 11 is 3.22. The Morgan fingerprint density at radius 1 is 1.50 bits per heavy atom. The molecule has 0 aliphatic rings. The van der Waals surface area contributed by atoms with Crippen LogP contribution in [0.3, 0.4) is 0 Å². The molecule has 1 aromatic carbocycles. The van der Waals surface area contributed by atoms with E-state index in [4.69, 9.17) is 0 Å². The Hall–Kier alpha value is 0.0600. The molecule has 0 saturated heterocycles. The van der Waals surface area contributed by atoms with Gasteiger partial charge < -0.3 is 10.9 Å². The molecule has 0 aliphatic carbocycles. The summed E-state index contributed by atoms with van der Waals surface area (Å²) in [5.74, 6) is -0.289. The van der Waals surface area contributed by atoms with Crippen LogP contribution < -0.4 is 35.0 Å². The number of hydrogen-bond donors (Lipinski definition) is 1. The van der Waals surface area contributed by atoms with Gasteiger partial charge in [-0.05, 0) is 12.1 Å². The predicted molar refractivity (Wildman–Crippen MR) is 52.7 cm³/mol. The van der Waals surface area contributed by atoms with Crippen LogP contribution >= 0.6 is 15.9 Å². The average molecular weight is 271 g/mol.